The Labute approximate surface area is 215 Å². The lowest BCUT2D eigenvalue weighted by atomic mass is 10.1. The molecule has 0 bridgehead atoms. The second-order valence-electron chi connectivity index (χ2n) is 8.56. The molecule has 0 unspecified atom stereocenters. The highest BCUT2D eigenvalue weighted by Gasteiger charge is 2.38. The zero-order chi connectivity index (χ0) is 28.3. The fourth-order valence-electron chi connectivity index (χ4n) is 3.28. The van der Waals surface area contributed by atoms with Crippen LogP contribution in [-0.4, -0.2) is 60.2 Å². The molecule has 1 amide bonds. The lowest BCUT2D eigenvalue weighted by Crippen LogP contribution is -2.46. The third-order valence-electron chi connectivity index (χ3n) is 5.41. The van der Waals surface area contributed by atoms with Gasteiger partial charge in [-0.15, -0.1) is 0 Å². The van der Waals surface area contributed by atoms with Crippen LogP contribution in [0.5, 0.6) is 0 Å². The van der Waals surface area contributed by atoms with E-state index in [2.05, 4.69) is 6.92 Å². The number of aliphatic carboxylic acids is 1. The number of unbranched alkanes of at least 4 members (excludes halogenated alkanes) is 8. The molecular formula is C25H40F3N2O7+. The smallest absolute Gasteiger partial charge is 0.475 e. The number of carbonyl (C=O) groups is 3. The second-order valence-corrected chi connectivity index (χ2v) is 8.56. The number of aromatic nitrogens is 1. The van der Waals surface area contributed by atoms with Crippen molar-refractivity contribution in [2.24, 2.45) is 5.73 Å². The number of esters is 1. The maximum absolute atomic E-state index is 12.0. The molecule has 212 valence electrons. The Morgan fingerprint density at radius 2 is 1.59 bits per heavy atom. The van der Waals surface area contributed by atoms with E-state index in [1.54, 1.807) is 29.1 Å². The number of aliphatic hydroxyl groups is 1. The lowest BCUT2D eigenvalue weighted by molar-refractivity contribution is -0.705. The van der Waals surface area contributed by atoms with Gasteiger partial charge in [0.15, 0.2) is 18.9 Å². The van der Waals surface area contributed by atoms with Gasteiger partial charge in [0, 0.05) is 19.6 Å². The first-order chi connectivity index (χ1) is 17.4. The van der Waals surface area contributed by atoms with Crippen LogP contribution in [0.15, 0.2) is 24.5 Å². The number of carbonyl (C=O) groups excluding carboxylic acids is 2. The minimum absolute atomic E-state index is 0.00992. The Kier molecular flexibility index (Phi) is 18.0. The van der Waals surface area contributed by atoms with E-state index in [9.17, 15) is 27.9 Å². The molecule has 4 N–H and O–H groups in total. The summed E-state index contributed by atoms with van der Waals surface area (Å²) in [5.41, 5.74) is 5.63. The summed E-state index contributed by atoms with van der Waals surface area (Å²) in [4.78, 5) is 32.1. The van der Waals surface area contributed by atoms with Crippen LogP contribution in [0.2, 0.25) is 0 Å². The van der Waals surface area contributed by atoms with Gasteiger partial charge in [0.1, 0.15) is 24.4 Å². The number of carboxylic acids is 1. The van der Waals surface area contributed by atoms with Crippen molar-refractivity contribution in [2.45, 2.75) is 96.1 Å². The van der Waals surface area contributed by atoms with Gasteiger partial charge >= 0.3 is 18.1 Å². The topological polar surface area (TPSA) is 140 Å². The summed E-state index contributed by atoms with van der Waals surface area (Å²) >= 11 is 0. The molecule has 9 nitrogen and oxygen atoms in total. The van der Waals surface area contributed by atoms with Crippen molar-refractivity contribution in [3.8, 4) is 0 Å². The molecule has 0 aliphatic rings. The summed E-state index contributed by atoms with van der Waals surface area (Å²) in [5.74, 6) is -3.56. The van der Waals surface area contributed by atoms with Gasteiger partial charge in [-0.3, -0.25) is 9.59 Å². The lowest BCUT2D eigenvalue weighted by Gasteiger charge is -2.19. The average Bonchev–Trinajstić information content (AvgIpc) is 2.83. The van der Waals surface area contributed by atoms with Gasteiger partial charge in [-0.2, -0.15) is 13.2 Å². The average molecular weight is 538 g/mol. The SMILES string of the molecule is CCCCCCCCCCCC(=O)OC[C@@H](OC)[C@@H](O)C[n+]1cccc(C(N)=O)c1.O=C(O)C(F)(F)F. The molecular weight excluding hydrogens is 497 g/mol. The molecule has 1 rings (SSSR count). The van der Waals surface area contributed by atoms with Crippen molar-refractivity contribution in [3.63, 3.8) is 0 Å². The van der Waals surface area contributed by atoms with E-state index < -0.39 is 30.3 Å². The number of hydrogen-bond donors (Lipinski definition) is 3. The monoisotopic (exact) mass is 537 g/mol. The number of rotatable bonds is 17. The molecule has 37 heavy (non-hydrogen) atoms. The predicted molar refractivity (Wildman–Crippen MR) is 128 cm³/mol. The van der Waals surface area contributed by atoms with E-state index in [1.807, 2.05) is 0 Å². The molecule has 1 aromatic heterocycles. The number of methoxy groups -OCH3 is 1. The summed E-state index contributed by atoms with van der Waals surface area (Å²) in [6.45, 7) is 2.40. The highest BCUT2D eigenvalue weighted by atomic mass is 19.4. The first-order valence-electron chi connectivity index (χ1n) is 12.4. The predicted octanol–water partition coefficient (Wildman–Crippen LogP) is 3.55. The van der Waals surface area contributed by atoms with Crippen LogP contribution in [0.1, 0.15) is 81.5 Å². The van der Waals surface area contributed by atoms with Crippen molar-refractivity contribution >= 4 is 17.8 Å². The maximum atomic E-state index is 12.0. The van der Waals surface area contributed by atoms with Crippen molar-refractivity contribution in [2.75, 3.05) is 13.7 Å². The second kappa shape index (κ2) is 19.4. The Hall–Kier alpha value is -2.73. The van der Waals surface area contributed by atoms with E-state index in [4.69, 9.17) is 25.1 Å². The molecule has 0 saturated carbocycles. The number of alkyl halides is 3. The molecule has 0 aliphatic heterocycles. The third kappa shape index (κ3) is 17.4. The van der Waals surface area contributed by atoms with Crippen molar-refractivity contribution in [1.82, 2.24) is 0 Å². The van der Waals surface area contributed by atoms with E-state index in [1.165, 1.54) is 45.6 Å². The van der Waals surface area contributed by atoms with E-state index >= 15 is 0 Å². The molecule has 0 radical (unpaired) electrons. The minimum Gasteiger partial charge on any atom is -0.475 e. The Bertz CT molecular complexity index is 807. The molecule has 2 atom stereocenters. The van der Waals surface area contributed by atoms with Gasteiger partial charge in [0.25, 0.3) is 5.91 Å². The van der Waals surface area contributed by atoms with Crippen LogP contribution in [0.3, 0.4) is 0 Å². The number of nitrogens with zero attached hydrogens (tertiary/aromatic N) is 1. The standard InChI is InChI=1S/C23H38N2O5.C2HF3O2/c1-3-4-5-6-7-8-9-10-11-14-22(27)30-18-21(29-2)20(26)17-25-15-12-13-19(16-25)23(24)28;3-2(4,5)1(6)7/h12-13,15-16,20-21,26H,3-11,14,17-18H2,1-2H3,(H-,24,28);(H,6,7)/p+1/t20-,21+;/m0./s1. The zero-order valence-corrected chi connectivity index (χ0v) is 21.5. The van der Waals surface area contributed by atoms with Crippen molar-refractivity contribution in [1.29, 1.82) is 0 Å². The van der Waals surface area contributed by atoms with Crippen LogP contribution in [0.4, 0.5) is 13.2 Å². The fraction of sp³-hybridized carbons (Fsp3) is 0.680. The van der Waals surface area contributed by atoms with Gasteiger partial charge in [-0.1, -0.05) is 58.3 Å². The molecule has 0 fully saturated rings. The number of aliphatic hydroxyl groups excluding tert-OH is 1. The van der Waals surface area contributed by atoms with Crippen molar-refractivity contribution in [3.05, 3.63) is 30.1 Å². The van der Waals surface area contributed by atoms with Crippen LogP contribution in [0, 0.1) is 0 Å². The zero-order valence-electron chi connectivity index (χ0n) is 21.5. The molecule has 1 aromatic rings. The number of pyridine rings is 1. The number of halogens is 3. The molecule has 0 spiro atoms. The normalized spacial score (nSPS) is 12.7. The first kappa shape index (κ1) is 34.3. The number of amides is 1. The van der Waals surface area contributed by atoms with E-state index in [0.717, 1.165) is 19.3 Å². The highest BCUT2D eigenvalue weighted by Crippen LogP contribution is 2.13. The van der Waals surface area contributed by atoms with Gasteiger partial charge in [-0.25, -0.2) is 9.36 Å². The summed E-state index contributed by atoms with van der Waals surface area (Å²) in [6, 6.07) is 3.28. The minimum atomic E-state index is -5.08. The first-order valence-corrected chi connectivity index (χ1v) is 12.4. The number of nitrogens with two attached hydrogens (primary N) is 1. The van der Waals surface area contributed by atoms with Crippen LogP contribution < -0.4 is 10.3 Å². The van der Waals surface area contributed by atoms with Gasteiger partial charge in [-0.05, 0) is 12.5 Å². The van der Waals surface area contributed by atoms with Gasteiger partial charge in [0.05, 0.1) is 0 Å². The summed E-state index contributed by atoms with van der Waals surface area (Å²) < 4.78 is 43.9. The molecule has 0 aliphatic carbocycles. The van der Waals surface area contributed by atoms with Gasteiger partial charge < -0.3 is 25.4 Å². The highest BCUT2D eigenvalue weighted by molar-refractivity contribution is 5.92. The molecule has 0 aromatic carbocycles. The maximum Gasteiger partial charge on any atom is 0.490 e. The number of ether oxygens (including phenoxy) is 2. The number of carboxylic acid groups (broad SMARTS) is 1. The summed E-state index contributed by atoms with van der Waals surface area (Å²) in [5, 5.41) is 17.5. The largest absolute Gasteiger partial charge is 0.490 e. The summed E-state index contributed by atoms with van der Waals surface area (Å²) in [6.07, 6.45) is 7.77. The van der Waals surface area contributed by atoms with Crippen LogP contribution >= 0.6 is 0 Å². The summed E-state index contributed by atoms with van der Waals surface area (Å²) in [7, 11) is 1.47. The third-order valence-corrected chi connectivity index (χ3v) is 5.41. The molecule has 0 saturated heterocycles. The number of primary amides is 1. The fourth-order valence-corrected chi connectivity index (χ4v) is 3.28. The quantitative estimate of drug-likeness (QED) is 0.157. The van der Waals surface area contributed by atoms with E-state index in [-0.39, 0.29) is 19.1 Å². The molecule has 1 heterocycles. The van der Waals surface area contributed by atoms with Crippen LogP contribution in [-0.2, 0) is 25.6 Å². The Morgan fingerprint density at radius 3 is 2.08 bits per heavy atom. The van der Waals surface area contributed by atoms with Gasteiger partial charge in [0.2, 0.25) is 0 Å². The van der Waals surface area contributed by atoms with Crippen LogP contribution in [0.25, 0.3) is 0 Å². The van der Waals surface area contributed by atoms with Crippen molar-refractivity contribution < 1.29 is 51.8 Å². The molecule has 12 heteroatoms. The van der Waals surface area contributed by atoms with E-state index in [0.29, 0.717) is 12.0 Å². The number of hydrogen-bond acceptors (Lipinski definition) is 6. The Morgan fingerprint density at radius 1 is 1.05 bits per heavy atom. The Balaban J connectivity index is 0.00000161.